The Kier molecular flexibility index (Phi) is 15.7. The highest BCUT2D eigenvalue weighted by molar-refractivity contribution is 6.25. The highest BCUT2D eigenvalue weighted by atomic mass is 19.1. The number of esters is 1. The van der Waals surface area contributed by atoms with E-state index in [1.807, 2.05) is 55.7 Å². The van der Waals surface area contributed by atoms with Crippen LogP contribution in [0.1, 0.15) is 64.3 Å². The van der Waals surface area contributed by atoms with Crippen molar-refractivity contribution in [3.05, 3.63) is 83.7 Å². The van der Waals surface area contributed by atoms with Gasteiger partial charge < -0.3 is 35.9 Å². The van der Waals surface area contributed by atoms with Gasteiger partial charge in [0, 0.05) is 67.9 Å². The van der Waals surface area contributed by atoms with Crippen LogP contribution in [0.15, 0.2) is 60.8 Å². The Morgan fingerprint density at radius 2 is 1.64 bits per heavy atom. The Hall–Kier alpha value is -5.05. The molecule has 0 aliphatic rings. The van der Waals surface area contributed by atoms with Gasteiger partial charge in [-0.3, -0.25) is 24.0 Å². The van der Waals surface area contributed by atoms with E-state index in [2.05, 4.69) is 20.7 Å². The number of hydrogen-bond donors (Lipinski definition) is 4. The van der Waals surface area contributed by atoms with E-state index in [4.69, 9.17) is 5.73 Å². The molecule has 4 amide bonds. The van der Waals surface area contributed by atoms with Crippen molar-refractivity contribution >= 4 is 37.4 Å². The molecule has 3 rings (SSSR count). The fraction of sp³-hybridized carbons (Fsp3) is 0.447. The fourth-order valence-electron chi connectivity index (χ4n) is 5.97. The number of rotatable bonds is 18. The number of benzene rings is 2. The maximum Gasteiger partial charge on any atom is 0.305 e. The standard InChI is InChI=1S/C38H51BF2N6O6/c1-6-33(49)47(17-14-30(42)37(52)44-16-15-43-32(48)21-45-36(51)28(39)20-34(50)53-5)35(38(2,3)4)31-18-25(27-19-26(40)12-13-29(27)41)23-46(31)22-24-10-8-7-9-11-24/h7-13,18-19,23,28,30,35H,6,14-17,20-22,39,42H2,1-5H3,(H,43,48)(H,44,52)(H,45,51)/t28-,30-,35-/m0/s1. The maximum atomic E-state index is 15.0. The highest BCUT2D eigenvalue weighted by Gasteiger charge is 2.37. The summed E-state index contributed by atoms with van der Waals surface area (Å²) in [5, 5.41) is 7.72. The first-order chi connectivity index (χ1) is 25.0. The summed E-state index contributed by atoms with van der Waals surface area (Å²) in [4.78, 5) is 63.9. The zero-order valence-corrected chi connectivity index (χ0v) is 31.3. The van der Waals surface area contributed by atoms with E-state index in [-0.39, 0.29) is 56.9 Å². The van der Waals surface area contributed by atoms with Gasteiger partial charge in [-0.25, -0.2) is 8.78 Å². The first kappa shape index (κ1) is 42.4. The van der Waals surface area contributed by atoms with Crippen LogP contribution in [0.2, 0.25) is 5.82 Å². The van der Waals surface area contributed by atoms with Gasteiger partial charge in [0.25, 0.3) is 0 Å². The minimum Gasteiger partial charge on any atom is -0.469 e. The minimum atomic E-state index is -0.984. The molecule has 0 spiro atoms. The normalized spacial score (nSPS) is 13.0. The van der Waals surface area contributed by atoms with Crippen molar-refractivity contribution in [1.29, 1.82) is 0 Å². The monoisotopic (exact) mass is 736 g/mol. The quantitative estimate of drug-likeness (QED) is 0.0887. The van der Waals surface area contributed by atoms with Gasteiger partial charge in [-0.15, -0.1) is 0 Å². The lowest BCUT2D eigenvalue weighted by molar-refractivity contribution is -0.142. The first-order valence-corrected chi connectivity index (χ1v) is 17.7. The molecule has 15 heteroatoms. The van der Waals surface area contributed by atoms with Crippen molar-refractivity contribution in [3.63, 3.8) is 0 Å². The number of aromatic nitrogens is 1. The molecule has 1 aromatic heterocycles. The fourth-order valence-corrected chi connectivity index (χ4v) is 5.97. The van der Waals surface area contributed by atoms with Crippen LogP contribution in [0, 0.1) is 17.0 Å². The summed E-state index contributed by atoms with van der Waals surface area (Å²) in [6.45, 7) is 8.11. The van der Waals surface area contributed by atoms with Gasteiger partial charge >= 0.3 is 5.97 Å². The second kappa shape index (κ2) is 19.7. The van der Waals surface area contributed by atoms with Crippen molar-refractivity contribution in [2.75, 3.05) is 33.3 Å². The van der Waals surface area contributed by atoms with E-state index in [1.54, 1.807) is 31.9 Å². The first-order valence-electron chi connectivity index (χ1n) is 17.7. The van der Waals surface area contributed by atoms with Crippen molar-refractivity contribution < 1.29 is 37.5 Å². The molecule has 2 aromatic carbocycles. The lowest BCUT2D eigenvalue weighted by Gasteiger charge is -2.41. The molecular formula is C38H51BF2N6O6. The Morgan fingerprint density at radius 3 is 2.28 bits per heavy atom. The van der Waals surface area contributed by atoms with Crippen LogP contribution < -0.4 is 21.7 Å². The molecular weight excluding hydrogens is 685 g/mol. The Morgan fingerprint density at radius 1 is 0.962 bits per heavy atom. The number of nitrogens with two attached hydrogens (primary N) is 1. The SMILES string of the molecule is B[C@@H](CC(=O)OC)C(=O)NCC(=O)NCCNC(=O)[C@@H](N)CCN(C(=O)CC)[C@@H](c1cc(-c2cc(F)ccc2F)cn1Cc1ccccc1)C(C)(C)C. The summed E-state index contributed by atoms with van der Waals surface area (Å²) in [5.74, 6) is -3.95. The summed E-state index contributed by atoms with van der Waals surface area (Å²) in [7, 11) is 2.77. The lowest BCUT2D eigenvalue weighted by Crippen LogP contribution is -2.48. The average Bonchev–Trinajstić information content (AvgIpc) is 3.52. The smallest absolute Gasteiger partial charge is 0.305 e. The summed E-state index contributed by atoms with van der Waals surface area (Å²) in [6.07, 6.45) is 1.96. The topological polar surface area (TPSA) is 165 Å². The van der Waals surface area contributed by atoms with Crippen LogP contribution in [0.25, 0.3) is 11.1 Å². The number of nitrogens with zero attached hydrogens (tertiary/aromatic N) is 2. The number of hydrogen-bond acceptors (Lipinski definition) is 7. The molecule has 0 unspecified atom stereocenters. The second-order valence-corrected chi connectivity index (χ2v) is 14.0. The second-order valence-electron chi connectivity index (χ2n) is 14.0. The Balaban J connectivity index is 1.72. The number of halogens is 2. The number of carbonyl (C=O) groups is 5. The Labute approximate surface area is 310 Å². The lowest BCUT2D eigenvalue weighted by atomic mass is 9.82. The maximum absolute atomic E-state index is 15.0. The summed E-state index contributed by atoms with van der Waals surface area (Å²) >= 11 is 0. The number of nitrogens with one attached hydrogen (secondary N) is 3. The predicted octanol–water partition coefficient (Wildman–Crippen LogP) is 2.86. The van der Waals surface area contributed by atoms with Crippen LogP contribution in [0.4, 0.5) is 8.78 Å². The minimum absolute atomic E-state index is 0.0690. The summed E-state index contributed by atoms with van der Waals surface area (Å²) in [5.41, 5.74) is 8.00. The highest BCUT2D eigenvalue weighted by Crippen LogP contribution is 2.41. The molecule has 5 N–H and O–H groups in total. The van der Waals surface area contributed by atoms with Crippen molar-refractivity contribution in [2.45, 2.75) is 71.4 Å². The van der Waals surface area contributed by atoms with Gasteiger partial charge in [-0.2, -0.15) is 0 Å². The Bertz CT molecular complexity index is 1730. The van der Waals surface area contributed by atoms with Crippen molar-refractivity contribution in [3.8, 4) is 11.1 Å². The third-order valence-corrected chi connectivity index (χ3v) is 8.74. The zero-order valence-electron chi connectivity index (χ0n) is 31.3. The molecule has 0 aliphatic heterocycles. The summed E-state index contributed by atoms with van der Waals surface area (Å²) < 4.78 is 35.8. The largest absolute Gasteiger partial charge is 0.469 e. The van der Waals surface area contributed by atoms with E-state index < -0.39 is 58.6 Å². The molecule has 1 heterocycles. The van der Waals surface area contributed by atoms with Gasteiger partial charge in [-0.05, 0) is 41.7 Å². The third kappa shape index (κ3) is 12.6. The van der Waals surface area contributed by atoms with E-state index in [1.165, 1.54) is 7.11 Å². The molecule has 0 radical (unpaired) electrons. The van der Waals surface area contributed by atoms with Gasteiger partial charge in [0.2, 0.25) is 23.6 Å². The number of methoxy groups -OCH3 is 1. The van der Waals surface area contributed by atoms with E-state index in [9.17, 15) is 28.4 Å². The molecule has 0 aliphatic carbocycles. The van der Waals surface area contributed by atoms with Crippen molar-refractivity contribution in [1.82, 2.24) is 25.4 Å². The summed E-state index contributed by atoms with van der Waals surface area (Å²) in [6, 6.07) is 13.2. The molecule has 0 saturated heterocycles. The molecule has 0 bridgehead atoms. The number of carbonyl (C=O) groups excluding carboxylic acids is 5. The molecule has 53 heavy (non-hydrogen) atoms. The van der Waals surface area contributed by atoms with E-state index in [0.29, 0.717) is 17.8 Å². The van der Waals surface area contributed by atoms with E-state index in [0.717, 1.165) is 23.8 Å². The molecule has 3 atom stereocenters. The van der Waals surface area contributed by atoms with Crippen molar-refractivity contribution in [2.24, 2.45) is 11.1 Å². The van der Waals surface area contributed by atoms with Gasteiger partial charge in [-0.1, -0.05) is 58.0 Å². The molecule has 0 saturated carbocycles. The van der Waals surface area contributed by atoms with Gasteiger partial charge in [0.05, 0.1) is 25.7 Å². The average molecular weight is 737 g/mol. The van der Waals surface area contributed by atoms with Crippen LogP contribution in [-0.4, -0.2) is 86.2 Å². The van der Waals surface area contributed by atoms with Gasteiger partial charge in [0.1, 0.15) is 19.5 Å². The van der Waals surface area contributed by atoms with Crippen LogP contribution in [0.3, 0.4) is 0 Å². The zero-order chi connectivity index (χ0) is 39.3. The number of amides is 4. The third-order valence-electron chi connectivity index (χ3n) is 8.74. The molecule has 12 nitrogen and oxygen atoms in total. The van der Waals surface area contributed by atoms with Gasteiger partial charge in [0.15, 0.2) is 0 Å². The molecule has 0 fully saturated rings. The van der Waals surface area contributed by atoms with Crippen LogP contribution >= 0.6 is 0 Å². The van der Waals surface area contributed by atoms with E-state index >= 15 is 4.39 Å². The molecule has 286 valence electrons. The molecule has 3 aromatic rings. The number of ether oxygens (including phenoxy) is 1. The van der Waals surface area contributed by atoms with Crippen LogP contribution in [0.5, 0.6) is 0 Å². The van der Waals surface area contributed by atoms with Crippen LogP contribution in [-0.2, 0) is 35.3 Å². The predicted molar refractivity (Wildman–Crippen MR) is 200 cm³/mol.